The lowest BCUT2D eigenvalue weighted by atomic mass is 10.1. The van der Waals surface area contributed by atoms with Crippen molar-refractivity contribution in [2.45, 2.75) is 10.3 Å². The van der Waals surface area contributed by atoms with Crippen molar-refractivity contribution in [2.75, 3.05) is 6.54 Å². The van der Waals surface area contributed by atoms with Crippen molar-refractivity contribution >= 4 is 27.3 Å². The standard InChI is InChI=1S/C14H13ClN2O4S/c15-14(11-4-2-1-3-5-11)10-16-22(20,21)13-8-6-12(7-9-13)17(18)19/h1-9,14,16H,10H2. The Kier molecular flexibility index (Phi) is 5.12. The van der Waals surface area contributed by atoms with E-state index in [4.69, 9.17) is 11.6 Å². The van der Waals surface area contributed by atoms with E-state index in [1.807, 2.05) is 18.2 Å². The number of non-ortho nitro benzene ring substituents is 1. The van der Waals surface area contributed by atoms with Gasteiger partial charge in [-0.1, -0.05) is 30.3 Å². The summed E-state index contributed by atoms with van der Waals surface area (Å²) in [6.45, 7) is 0.0187. The summed E-state index contributed by atoms with van der Waals surface area (Å²) >= 11 is 6.15. The van der Waals surface area contributed by atoms with Gasteiger partial charge in [-0.05, 0) is 17.7 Å². The average Bonchev–Trinajstić information content (AvgIpc) is 2.53. The largest absolute Gasteiger partial charge is 0.269 e. The van der Waals surface area contributed by atoms with Crippen LogP contribution >= 0.6 is 11.6 Å². The van der Waals surface area contributed by atoms with Crippen LogP contribution < -0.4 is 4.72 Å². The van der Waals surface area contributed by atoms with Crippen molar-refractivity contribution in [1.29, 1.82) is 0 Å². The summed E-state index contributed by atoms with van der Waals surface area (Å²) in [4.78, 5) is 9.92. The first-order chi connectivity index (χ1) is 10.4. The number of hydrogen-bond donors (Lipinski definition) is 1. The molecular weight excluding hydrogens is 328 g/mol. The van der Waals surface area contributed by atoms with E-state index in [0.29, 0.717) is 0 Å². The molecule has 6 nitrogen and oxygen atoms in total. The molecule has 0 aliphatic rings. The number of sulfonamides is 1. The van der Waals surface area contributed by atoms with Gasteiger partial charge in [0.25, 0.3) is 5.69 Å². The van der Waals surface area contributed by atoms with Crippen LogP contribution in [0.1, 0.15) is 10.9 Å². The summed E-state index contributed by atoms with van der Waals surface area (Å²) in [7, 11) is -3.76. The molecule has 0 radical (unpaired) electrons. The molecule has 22 heavy (non-hydrogen) atoms. The minimum absolute atomic E-state index is 0.0187. The van der Waals surface area contributed by atoms with Crippen molar-refractivity contribution < 1.29 is 13.3 Å². The van der Waals surface area contributed by atoms with Gasteiger partial charge in [-0.25, -0.2) is 13.1 Å². The minimum atomic E-state index is -3.76. The van der Waals surface area contributed by atoms with E-state index >= 15 is 0 Å². The Bertz CT molecular complexity index is 748. The molecule has 2 rings (SSSR count). The smallest absolute Gasteiger partial charge is 0.258 e. The molecule has 0 aliphatic carbocycles. The third kappa shape index (κ3) is 4.03. The maximum atomic E-state index is 12.1. The lowest BCUT2D eigenvalue weighted by Gasteiger charge is -2.11. The molecule has 0 heterocycles. The van der Waals surface area contributed by atoms with E-state index in [9.17, 15) is 18.5 Å². The van der Waals surface area contributed by atoms with Crippen molar-refractivity contribution in [3.8, 4) is 0 Å². The summed E-state index contributed by atoms with van der Waals surface area (Å²) in [6.07, 6.45) is 0. The van der Waals surface area contributed by atoms with Crippen LogP contribution in [0.5, 0.6) is 0 Å². The van der Waals surface area contributed by atoms with Crippen molar-refractivity contribution in [3.05, 3.63) is 70.3 Å². The second-order valence-electron chi connectivity index (χ2n) is 4.48. The number of hydrogen-bond acceptors (Lipinski definition) is 4. The zero-order valence-corrected chi connectivity index (χ0v) is 12.9. The van der Waals surface area contributed by atoms with E-state index in [0.717, 1.165) is 17.7 Å². The zero-order chi connectivity index (χ0) is 16.2. The topological polar surface area (TPSA) is 89.3 Å². The third-order valence-corrected chi connectivity index (χ3v) is 4.82. The van der Waals surface area contributed by atoms with E-state index in [2.05, 4.69) is 4.72 Å². The molecule has 0 aromatic heterocycles. The van der Waals surface area contributed by atoms with Crippen LogP contribution in [-0.4, -0.2) is 19.9 Å². The number of alkyl halides is 1. The summed E-state index contributed by atoms with van der Waals surface area (Å²) in [6, 6.07) is 13.7. The highest BCUT2D eigenvalue weighted by Gasteiger charge is 2.17. The van der Waals surface area contributed by atoms with Crippen LogP contribution in [0.15, 0.2) is 59.5 Å². The van der Waals surface area contributed by atoms with Crippen LogP contribution in [0, 0.1) is 10.1 Å². The molecule has 0 saturated heterocycles. The van der Waals surface area contributed by atoms with E-state index in [-0.39, 0.29) is 17.1 Å². The number of nitrogens with one attached hydrogen (secondary N) is 1. The molecule has 0 saturated carbocycles. The Hall–Kier alpha value is -1.96. The summed E-state index contributed by atoms with van der Waals surface area (Å²) in [5.41, 5.74) is 0.633. The molecule has 1 unspecified atom stereocenters. The fourth-order valence-electron chi connectivity index (χ4n) is 1.79. The van der Waals surface area contributed by atoms with Crippen LogP contribution in [-0.2, 0) is 10.0 Å². The molecule has 116 valence electrons. The monoisotopic (exact) mass is 340 g/mol. The number of rotatable bonds is 6. The van der Waals surface area contributed by atoms with E-state index < -0.39 is 20.3 Å². The van der Waals surface area contributed by atoms with Crippen molar-refractivity contribution in [3.63, 3.8) is 0 Å². The predicted molar refractivity (Wildman–Crippen MR) is 83.3 cm³/mol. The average molecular weight is 341 g/mol. The van der Waals surface area contributed by atoms with Crippen LogP contribution in [0.4, 0.5) is 5.69 Å². The highest BCUT2D eigenvalue weighted by molar-refractivity contribution is 7.89. The molecule has 0 aliphatic heterocycles. The molecule has 1 atom stereocenters. The Morgan fingerprint density at radius 2 is 1.68 bits per heavy atom. The van der Waals surface area contributed by atoms with Crippen LogP contribution in [0.3, 0.4) is 0 Å². The normalized spacial score (nSPS) is 12.8. The van der Waals surface area contributed by atoms with Crippen molar-refractivity contribution in [1.82, 2.24) is 4.72 Å². The number of halogens is 1. The van der Waals surface area contributed by atoms with Crippen LogP contribution in [0.2, 0.25) is 0 Å². The fourth-order valence-corrected chi connectivity index (χ4v) is 3.15. The van der Waals surface area contributed by atoms with Gasteiger partial charge >= 0.3 is 0 Å². The fraction of sp³-hybridized carbons (Fsp3) is 0.143. The van der Waals surface area contributed by atoms with Gasteiger partial charge in [-0.3, -0.25) is 10.1 Å². The number of nitrogens with zero attached hydrogens (tertiary/aromatic N) is 1. The van der Waals surface area contributed by atoms with Gasteiger partial charge in [-0.2, -0.15) is 0 Å². The maximum absolute atomic E-state index is 12.1. The first kappa shape index (κ1) is 16.4. The second-order valence-corrected chi connectivity index (χ2v) is 6.77. The molecule has 8 heteroatoms. The minimum Gasteiger partial charge on any atom is -0.258 e. The highest BCUT2D eigenvalue weighted by atomic mass is 35.5. The van der Waals surface area contributed by atoms with Gasteiger partial charge in [0.2, 0.25) is 10.0 Å². The van der Waals surface area contributed by atoms with Crippen molar-refractivity contribution in [2.24, 2.45) is 0 Å². The van der Waals surface area contributed by atoms with Gasteiger partial charge in [0, 0.05) is 18.7 Å². The summed E-state index contributed by atoms with van der Waals surface area (Å²) in [5, 5.41) is 10.1. The predicted octanol–water partition coefficient (Wildman–Crippen LogP) is 2.85. The molecule has 0 amide bonds. The summed E-state index contributed by atoms with van der Waals surface area (Å²) < 4.78 is 26.6. The first-order valence-electron chi connectivity index (χ1n) is 6.33. The van der Waals surface area contributed by atoms with Gasteiger partial charge in [0.15, 0.2) is 0 Å². The quantitative estimate of drug-likeness (QED) is 0.497. The Morgan fingerprint density at radius 1 is 1.09 bits per heavy atom. The number of nitro groups is 1. The Morgan fingerprint density at radius 3 is 2.23 bits per heavy atom. The summed E-state index contributed by atoms with van der Waals surface area (Å²) in [5.74, 6) is 0. The first-order valence-corrected chi connectivity index (χ1v) is 8.25. The van der Waals surface area contributed by atoms with Gasteiger partial charge in [-0.15, -0.1) is 11.6 Å². The molecule has 0 fully saturated rings. The lowest BCUT2D eigenvalue weighted by Crippen LogP contribution is -2.27. The second kappa shape index (κ2) is 6.87. The molecule has 1 N–H and O–H groups in total. The zero-order valence-electron chi connectivity index (χ0n) is 11.3. The van der Waals surface area contributed by atoms with Crippen LogP contribution in [0.25, 0.3) is 0 Å². The highest BCUT2D eigenvalue weighted by Crippen LogP contribution is 2.20. The number of nitro benzene ring substituents is 1. The molecule has 2 aromatic rings. The van der Waals surface area contributed by atoms with E-state index in [1.165, 1.54) is 12.1 Å². The van der Waals surface area contributed by atoms with Gasteiger partial charge < -0.3 is 0 Å². The Balaban J connectivity index is 2.06. The van der Waals surface area contributed by atoms with Gasteiger partial charge in [0.05, 0.1) is 15.2 Å². The molecule has 0 bridgehead atoms. The lowest BCUT2D eigenvalue weighted by molar-refractivity contribution is -0.384. The maximum Gasteiger partial charge on any atom is 0.269 e. The molecule has 0 spiro atoms. The number of benzene rings is 2. The van der Waals surface area contributed by atoms with E-state index in [1.54, 1.807) is 12.1 Å². The van der Waals surface area contributed by atoms with Gasteiger partial charge in [0.1, 0.15) is 0 Å². The molecule has 2 aromatic carbocycles. The SMILES string of the molecule is O=[N+]([O-])c1ccc(S(=O)(=O)NCC(Cl)c2ccccc2)cc1. The molecular formula is C14H13ClN2O4S. The third-order valence-electron chi connectivity index (χ3n) is 2.97. The Labute approximate surface area is 132 Å².